The third-order valence-corrected chi connectivity index (χ3v) is 5.25. The zero-order chi connectivity index (χ0) is 21.9. The zero-order valence-electron chi connectivity index (χ0n) is 16.9. The van der Waals surface area contributed by atoms with Gasteiger partial charge in [-0.2, -0.15) is 13.2 Å². The number of aromatic nitrogens is 2. The second kappa shape index (κ2) is 9.15. The van der Waals surface area contributed by atoms with E-state index >= 15 is 0 Å². The number of phenolic OH excluding ortho intramolecular Hbond substituents is 1. The van der Waals surface area contributed by atoms with Gasteiger partial charge in [-0.25, -0.2) is 0 Å². The molecule has 2 heterocycles. The molecule has 1 aliphatic heterocycles. The number of methoxy groups -OCH3 is 1. The average Bonchev–Trinajstić information content (AvgIpc) is 2.69. The van der Waals surface area contributed by atoms with E-state index in [-0.39, 0.29) is 36.0 Å². The van der Waals surface area contributed by atoms with Crippen LogP contribution in [-0.4, -0.2) is 41.5 Å². The minimum Gasteiger partial charge on any atom is -0.507 e. The summed E-state index contributed by atoms with van der Waals surface area (Å²) in [5.41, 5.74) is 6.96. The Labute approximate surface area is 172 Å². The summed E-state index contributed by atoms with van der Waals surface area (Å²) < 4.78 is 44.6. The summed E-state index contributed by atoms with van der Waals surface area (Å²) in [5.74, 6) is 0.0154. The van der Waals surface area contributed by atoms with Crippen LogP contribution in [0.5, 0.6) is 5.75 Å². The number of anilines is 1. The molecule has 10 heteroatoms. The van der Waals surface area contributed by atoms with Crippen LogP contribution >= 0.6 is 0 Å². The number of benzene rings is 1. The number of piperidine rings is 1. The van der Waals surface area contributed by atoms with Gasteiger partial charge in [0.2, 0.25) is 0 Å². The van der Waals surface area contributed by atoms with Crippen molar-refractivity contribution in [3.8, 4) is 17.0 Å². The molecular weight excluding hydrogens is 399 g/mol. The molecule has 0 saturated carbocycles. The van der Waals surface area contributed by atoms with E-state index in [0.717, 1.165) is 32.0 Å². The Morgan fingerprint density at radius 1 is 1.33 bits per heavy atom. The first-order chi connectivity index (χ1) is 14.3. The van der Waals surface area contributed by atoms with E-state index in [1.54, 1.807) is 6.92 Å². The molecule has 0 bridgehead atoms. The number of hydrogen-bond donors (Lipinski definition) is 4. The third kappa shape index (κ3) is 4.66. The highest BCUT2D eigenvalue weighted by Crippen LogP contribution is 2.40. The number of hydrogen-bond acceptors (Lipinski definition) is 7. The molecule has 0 spiro atoms. The fraction of sp³-hybridized carbons (Fsp3) is 0.500. The molecule has 30 heavy (non-hydrogen) atoms. The second-order valence-electron chi connectivity index (χ2n) is 7.35. The van der Waals surface area contributed by atoms with E-state index < -0.39 is 17.5 Å². The van der Waals surface area contributed by atoms with Gasteiger partial charge >= 0.3 is 6.18 Å². The van der Waals surface area contributed by atoms with Crippen LogP contribution in [0.4, 0.5) is 19.0 Å². The van der Waals surface area contributed by atoms with Crippen LogP contribution in [0.25, 0.3) is 11.3 Å². The highest BCUT2D eigenvalue weighted by molar-refractivity contribution is 5.75. The lowest BCUT2D eigenvalue weighted by Gasteiger charge is -2.26. The highest BCUT2D eigenvalue weighted by Gasteiger charge is 2.33. The van der Waals surface area contributed by atoms with Gasteiger partial charge in [-0.3, -0.25) is 0 Å². The minimum absolute atomic E-state index is 0.125. The minimum atomic E-state index is -4.59. The van der Waals surface area contributed by atoms with Crippen molar-refractivity contribution in [2.45, 2.75) is 45.1 Å². The van der Waals surface area contributed by atoms with Crippen LogP contribution in [0.3, 0.4) is 0 Å². The summed E-state index contributed by atoms with van der Waals surface area (Å²) >= 11 is 0. The summed E-state index contributed by atoms with van der Waals surface area (Å²) in [6.07, 6.45) is -2.57. The van der Waals surface area contributed by atoms with Gasteiger partial charge in [-0.05, 0) is 49.6 Å². The number of nitrogens with zero attached hydrogens (tertiary/aromatic N) is 2. The molecule has 5 N–H and O–H groups in total. The summed E-state index contributed by atoms with van der Waals surface area (Å²) in [5, 5.41) is 25.6. The quantitative estimate of drug-likeness (QED) is 0.564. The molecule has 1 unspecified atom stereocenters. The molecule has 1 aliphatic rings. The van der Waals surface area contributed by atoms with Crippen molar-refractivity contribution >= 4 is 5.82 Å². The monoisotopic (exact) mass is 425 g/mol. The van der Waals surface area contributed by atoms with Gasteiger partial charge in [0.15, 0.2) is 5.82 Å². The van der Waals surface area contributed by atoms with Crippen molar-refractivity contribution in [3.63, 3.8) is 0 Å². The number of nitrogens with one attached hydrogen (secondary N) is 2. The molecular formula is C20H26F3N5O2. The first-order valence-electron chi connectivity index (χ1n) is 9.72. The molecule has 1 atom stereocenters. The zero-order valence-corrected chi connectivity index (χ0v) is 16.9. The van der Waals surface area contributed by atoms with Crippen molar-refractivity contribution in [2.75, 3.05) is 25.5 Å². The molecule has 164 valence electrons. The molecule has 1 aromatic carbocycles. The van der Waals surface area contributed by atoms with Crippen LogP contribution in [0, 0.1) is 6.92 Å². The lowest BCUT2D eigenvalue weighted by molar-refractivity contribution is -0.137. The van der Waals surface area contributed by atoms with Crippen molar-refractivity contribution in [3.05, 3.63) is 34.4 Å². The standard InChI is InChI=1S/C20H26F3N5O2/c1-11-15(8-24)19(26-14-4-3-5-25-9-14)28-27-18(11)17-12(10-30-2)6-13(7-16(17)29)20(21,22)23/h6-7,14,25,29H,3-5,8-10,24H2,1-2H3,(H,26,28). The molecule has 1 aromatic heterocycles. The largest absolute Gasteiger partial charge is 0.507 e. The molecule has 7 nitrogen and oxygen atoms in total. The SMILES string of the molecule is COCc1cc(C(F)(F)F)cc(O)c1-c1nnc(NC2CCCNC2)c(CN)c1C. The number of phenols is 1. The number of aromatic hydroxyl groups is 1. The van der Waals surface area contributed by atoms with Gasteiger partial charge in [0.25, 0.3) is 0 Å². The maximum absolute atomic E-state index is 13.2. The Kier molecular flexibility index (Phi) is 6.79. The first-order valence-corrected chi connectivity index (χ1v) is 9.72. The van der Waals surface area contributed by atoms with Gasteiger partial charge < -0.3 is 26.2 Å². The molecule has 0 aliphatic carbocycles. The van der Waals surface area contributed by atoms with Crippen LogP contribution in [0.2, 0.25) is 0 Å². The van der Waals surface area contributed by atoms with Crippen LogP contribution in [0.1, 0.15) is 35.1 Å². The van der Waals surface area contributed by atoms with Gasteiger partial charge in [0.1, 0.15) is 11.4 Å². The van der Waals surface area contributed by atoms with Crippen LogP contribution in [-0.2, 0) is 24.1 Å². The van der Waals surface area contributed by atoms with Gasteiger partial charge in [-0.15, -0.1) is 10.2 Å². The molecule has 3 rings (SSSR count). The Bertz CT molecular complexity index is 899. The van der Waals surface area contributed by atoms with Gasteiger partial charge in [0.05, 0.1) is 12.2 Å². The van der Waals surface area contributed by atoms with Gasteiger partial charge in [-0.1, -0.05) is 0 Å². The lowest BCUT2D eigenvalue weighted by atomic mass is 9.95. The maximum Gasteiger partial charge on any atom is 0.416 e. The summed E-state index contributed by atoms with van der Waals surface area (Å²) in [7, 11) is 1.37. The second-order valence-corrected chi connectivity index (χ2v) is 7.35. The Balaban J connectivity index is 2.06. The number of ether oxygens (including phenoxy) is 1. The normalized spacial score (nSPS) is 17.2. The molecule has 2 aromatic rings. The Morgan fingerprint density at radius 3 is 2.70 bits per heavy atom. The maximum atomic E-state index is 13.2. The first kappa shape index (κ1) is 22.3. The Morgan fingerprint density at radius 2 is 2.10 bits per heavy atom. The predicted octanol–water partition coefficient (Wildman–Crippen LogP) is 2.95. The van der Waals surface area contributed by atoms with E-state index in [1.165, 1.54) is 7.11 Å². The van der Waals surface area contributed by atoms with Crippen LogP contribution in [0.15, 0.2) is 12.1 Å². The van der Waals surface area contributed by atoms with E-state index in [1.807, 2.05) is 0 Å². The fourth-order valence-electron chi connectivity index (χ4n) is 3.72. The average molecular weight is 425 g/mol. The number of nitrogens with two attached hydrogens (primary N) is 1. The lowest BCUT2D eigenvalue weighted by Crippen LogP contribution is -2.39. The van der Waals surface area contributed by atoms with E-state index in [2.05, 4.69) is 20.8 Å². The summed E-state index contributed by atoms with van der Waals surface area (Å²) in [6.45, 7) is 3.58. The highest BCUT2D eigenvalue weighted by atomic mass is 19.4. The van der Waals surface area contributed by atoms with Crippen molar-refractivity contribution in [1.82, 2.24) is 15.5 Å². The van der Waals surface area contributed by atoms with Crippen molar-refractivity contribution < 1.29 is 23.0 Å². The molecule has 1 saturated heterocycles. The third-order valence-electron chi connectivity index (χ3n) is 5.25. The molecule has 0 radical (unpaired) electrons. The van der Waals surface area contributed by atoms with E-state index in [0.29, 0.717) is 23.0 Å². The van der Waals surface area contributed by atoms with Gasteiger partial charge in [0, 0.05) is 37.4 Å². The topological polar surface area (TPSA) is 105 Å². The number of alkyl halides is 3. The number of halogens is 3. The summed E-state index contributed by atoms with van der Waals surface area (Å²) in [6, 6.07) is 1.84. The predicted molar refractivity (Wildman–Crippen MR) is 107 cm³/mol. The van der Waals surface area contributed by atoms with Crippen molar-refractivity contribution in [1.29, 1.82) is 0 Å². The molecule has 1 fully saturated rings. The number of rotatable bonds is 6. The Hall–Kier alpha value is -2.43. The van der Waals surface area contributed by atoms with Crippen molar-refractivity contribution in [2.24, 2.45) is 5.73 Å². The van der Waals surface area contributed by atoms with Crippen LogP contribution < -0.4 is 16.4 Å². The summed E-state index contributed by atoms with van der Waals surface area (Å²) in [4.78, 5) is 0. The molecule has 0 amide bonds. The fourth-order valence-corrected chi connectivity index (χ4v) is 3.72. The smallest absolute Gasteiger partial charge is 0.416 e. The van der Waals surface area contributed by atoms with E-state index in [9.17, 15) is 18.3 Å². The van der Waals surface area contributed by atoms with E-state index in [4.69, 9.17) is 10.5 Å².